The molecule has 4 nitrogen and oxygen atoms in total. The summed E-state index contributed by atoms with van der Waals surface area (Å²) in [5.41, 5.74) is 4.67. The quantitative estimate of drug-likeness (QED) is 0.571. The first-order chi connectivity index (χ1) is 12.1. The Hall–Kier alpha value is -2.88. The molecule has 0 aliphatic rings. The summed E-state index contributed by atoms with van der Waals surface area (Å²) in [5.74, 6) is 0. The summed E-state index contributed by atoms with van der Waals surface area (Å²) in [6.45, 7) is 8.62. The van der Waals surface area contributed by atoms with E-state index in [1.54, 1.807) is 4.57 Å². The fraction of sp³-hybridized carbons (Fsp3) is 0.238. The first kappa shape index (κ1) is 17.0. The molecule has 1 aromatic carbocycles. The van der Waals surface area contributed by atoms with Crippen molar-refractivity contribution in [3.05, 3.63) is 75.8 Å². The van der Waals surface area contributed by atoms with E-state index >= 15 is 0 Å². The maximum absolute atomic E-state index is 12.8. The van der Waals surface area contributed by atoms with Gasteiger partial charge in [-0.1, -0.05) is 44.2 Å². The van der Waals surface area contributed by atoms with Gasteiger partial charge in [-0.25, -0.2) is 4.98 Å². The smallest absolute Gasteiger partial charge is 0.275 e. The SMILES string of the molecule is CC.Cc1cnc2[nH]c3c(=O)n(Cc4ccccc4)cc(C)c3c2c1.[HH]. The summed E-state index contributed by atoms with van der Waals surface area (Å²) in [5, 5.41) is 1.99. The van der Waals surface area contributed by atoms with Crippen LogP contribution in [0.4, 0.5) is 0 Å². The number of aryl methyl sites for hydroxylation is 2. The Labute approximate surface area is 148 Å². The Morgan fingerprint density at radius 2 is 1.88 bits per heavy atom. The zero-order chi connectivity index (χ0) is 18.0. The largest absolute Gasteiger partial charge is 0.335 e. The van der Waals surface area contributed by atoms with E-state index in [-0.39, 0.29) is 6.99 Å². The molecule has 0 saturated heterocycles. The van der Waals surface area contributed by atoms with Crippen LogP contribution in [0, 0.1) is 13.8 Å². The number of hydrogen-bond donors (Lipinski definition) is 1. The summed E-state index contributed by atoms with van der Waals surface area (Å²) < 4.78 is 1.76. The summed E-state index contributed by atoms with van der Waals surface area (Å²) in [6, 6.07) is 12.1. The third-order valence-corrected chi connectivity index (χ3v) is 4.20. The first-order valence-corrected chi connectivity index (χ1v) is 8.65. The average molecular weight is 335 g/mol. The van der Waals surface area contributed by atoms with E-state index in [4.69, 9.17) is 0 Å². The lowest BCUT2D eigenvalue weighted by Crippen LogP contribution is -2.21. The molecule has 4 aromatic rings. The molecule has 25 heavy (non-hydrogen) atoms. The van der Waals surface area contributed by atoms with Gasteiger partial charge in [0.25, 0.3) is 5.56 Å². The molecule has 3 aromatic heterocycles. The molecule has 0 unspecified atom stereocenters. The molecule has 0 aliphatic heterocycles. The number of aromatic nitrogens is 3. The van der Waals surface area contributed by atoms with Crippen LogP contribution in [-0.2, 0) is 6.54 Å². The number of H-pyrrole nitrogens is 1. The molecule has 0 fully saturated rings. The molecule has 0 spiro atoms. The van der Waals surface area contributed by atoms with Gasteiger partial charge in [0.2, 0.25) is 0 Å². The number of nitrogens with zero attached hydrogens (tertiary/aromatic N) is 2. The van der Waals surface area contributed by atoms with Crippen LogP contribution in [-0.4, -0.2) is 14.5 Å². The molecule has 130 valence electrons. The van der Waals surface area contributed by atoms with Gasteiger partial charge in [-0.2, -0.15) is 0 Å². The van der Waals surface area contributed by atoms with E-state index in [1.165, 1.54) is 0 Å². The van der Waals surface area contributed by atoms with E-state index in [2.05, 4.69) is 16.0 Å². The topological polar surface area (TPSA) is 50.7 Å². The molecule has 0 radical (unpaired) electrons. The molecular formula is C21H25N3O. The average Bonchev–Trinajstić information content (AvgIpc) is 3.01. The second-order valence-corrected chi connectivity index (χ2v) is 6.01. The van der Waals surface area contributed by atoms with Gasteiger partial charge in [0.15, 0.2) is 0 Å². The minimum atomic E-state index is -0.00916. The molecule has 0 aliphatic carbocycles. The molecule has 1 N–H and O–H groups in total. The number of pyridine rings is 2. The van der Waals surface area contributed by atoms with Crippen LogP contribution in [0.5, 0.6) is 0 Å². The van der Waals surface area contributed by atoms with Crippen molar-refractivity contribution in [2.75, 3.05) is 0 Å². The van der Waals surface area contributed by atoms with Gasteiger partial charge in [-0.05, 0) is 36.6 Å². The normalized spacial score (nSPS) is 10.7. The zero-order valence-electron chi connectivity index (χ0n) is 15.1. The van der Waals surface area contributed by atoms with Crippen molar-refractivity contribution in [1.29, 1.82) is 0 Å². The molecule has 0 bridgehead atoms. The van der Waals surface area contributed by atoms with Crippen LogP contribution in [0.15, 0.2) is 53.6 Å². The highest BCUT2D eigenvalue weighted by atomic mass is 16.1. The summed E-state index contributed by atoms with van der Waals surface area (Å²) in [6.07, 6.45) is 3.75. The number of rotatable bonds is 2. The Kier molecular flexibility index (Phi) is 4.70. The highest BCUT2D eigenvalue weighted by Gasteiger charge is 2.13. The predicted octanol–water partition coefficient (Wildman–Crippen LogP) is 4.82. The highest BCUT2D eigenvalue weighted by Crippen LogP contribution is 2.25. The molecular weight excluding hydrogens is 310 g/mol. The third kappa shape index (κ3) is 3.07. The second-order valence-electron chi connectivity index (χ2n) is 6.01. The number of benzene rings is 1. The van der Waals surface area contributed by atoms with Gasteiger partial charge in [0.1, 0.15) is 11.2 Å². The predicted molar refractivity (Wildman–Crippen MR) is 106 cm³/mol. The second kappa shape index (κ2) is 6.93. The lowest BCUT2D eigenvalue weighted by molar-refractivity contribution is 0.762. The molecule has 3 heterocycles. The van der Waals surface area contributed by atoms with E-state index in [0.29, 0.717) is 12.1 Å². The molecule has 4 heteroatoms. The zero-order valence-corrected chi connectivity index (χ0v) is 15.1. The summed E-state index contributed by atoms with van der Waals surface area (Å²) in [7, 11) is 0. The lowest BCUT2D eigenvalue weighted by atomic mass is 10.1. The monoisotopic (exact) mass is 335 g/mol. The van der Waals surface area contributed by atoms with Crippen LogP contribution in [0.25, 0.3) is 21.9 Å². The fourth-order valence-electron chi connectivity index (χ4n) is 3.14. The van der Waals surface area contributed by atoms with Crippen molar-refractivity contribution in [3.8, 4) is 0 Å². The van der Waals surface area contributed by atoms with Crippen LogP contribution in [0.3, 0.4) is 0 Å². The lowest BCUT2D eigenvalue weighted by Gasteiger charge is -2.08. The fourth-order valence-corrected chi connectivity index (χ4v) is 3.14. The molecule has 0 saturated carbocycles. The van der Waals surface area contributed by atoms with E-state index in [1.807, 2.05) is 70.4 Å². The highest BCUT2D eigenvalue weighted by molar-refractivity contribution is 6.07. The van der Waals surface area contributed by atoms with Crippen molar-refractivity contribution in [1.82, 2.24) is 14.5 Å². The van der Waals surface area contributed by atoms with Crippen molar-refractivity contribution < 1.29 is 1.43 Å². The van der Waals surface area contributed by atoms with E-state index in [0.717, 1.165) is 33.1 Å². The molecule has 0 amide bonds. The van der Waals surface area contributed by atoms with E-state index < -0.39 is 0 Å². The molecule has 0 atom stereocenters. The van der Waals surface area contributed by atoms with Crippen molar-refractivity contribution in [2.24, 2.45) is 0 Å². The van der Waals surface area contributed by atoms with Crippen LogP contribution in [0.2, 0.25) is 0 Å². The number of fused-ring (bicyclic) bond motifs is 3. The molecule has 4 rings (SSSR count). The Balaban J connectivity index is 0.000000784. The van der Waals surface area contributed by atoms with Gasteiger partial charge in [0, 0.05) is 24.6 Å². The van der Waals surface area contributed by atoms with Crippen LogP contribution < -0.4 is 5.56 Å². The van der Waals surface area contributed by atoms with Gasteiger partial charge in [-0.15, -0.1) is 0 Å². The van der Waals surface area contributed by atoms with Gasteiger partial charge in [-0.3, -0.25) is 4.79 Å². The van der Waals surface area contributed by atoms with Gasteiger partial charge in [0.05, 0.1) is 6.54 Å². The van der Waals surface area contributed by atoms with Gasteiger partial charge >= 0.3 is 0 Å². The number of nitrogens with one attached hydrogen (secondary N) is 1. The van der Waals surface area contributed by atoms with Crippen molar-refractivity contribution in [3.63, 3.8) is 0 Å². The standard InChI is InChI=1S/C19H17N3O.C2H6.H2/c1-12-8-15-16-13(2)10-22(11-14-6-4-3-5-7-14)19(23)17(16)21-18(15)20-9-12;1-2;/h3-10H,11H2,1-2H3,(H,20,21);1-2H3;1H. The minimum Gasteiger partial charge on any atom is -0.335 e. The van der Waals surface area contributed by atoms with E-state index in [9.17, 15) is 4.79 Å². The van der Waals surface area contributed by atoms with Crippen molar-refractivity contribution >= 4 is 21.9 Å². The number of aromatic amines is 1. The van der Waals surface area contributed by atoms with Crippen molar-refractivity contribution in [2.45, 2.75) is 34.2 Å². The number of hydrogen-bond acceptors (Lipinski definition) is 2. The first-order valence-electron chi connectivity index (χ1n) is 8.65. The maximum Gasteiger partial charge on any atom is 0.275 e. The minimum absolute atomic E-state index is 0. The maximum atomic E-state index is 12.8. The van der Waals surface area contributed by atoms with Gasteiger partial charge < -0.3 is 9.55 Å². The Morgan fingerprint density at radius 3 is 2.60 bits per heavy atom. The Morgan fingerprint density at radius 1 is 1.16 bits per heavy atom. The summed E-state index contributed by atoms with van der Waals surface area (Å²) >= 11 is 0. The Bertz CT molecular complexity index is 1080. The van der Waals surface area contributed by atoms with Crippen LogP contribution in [0.1, 0.15) is 32.0 Å². The van der Waals surface area contributed by atoms with Crippen LogP contribution >= 0.6 is 0 Å². The summed E-state index contributed by atoms with van der Waals surface area (Å²) in [4.78, 5) is 20.4. The third-order valence-electron chi connectivity index (χ3n) is 4.20.